The fourth-order valence-electron chi connectivity index (χ4n) is 2.75. The zero-order chi connectivity index (χ0) is 17.6. The van der Waals surface area contributed by atoms with Gasteiger partial charge in [-0.05, 0) is 30.3 Å². The Morgan fingerprint density at radius 3 is 2.56 bits per heavy atom. The van der Waals surface area contributed by atoms with Gasteiger partial charge in [-0.15, -0.1) is 0 Å². The first-order valence-electron chi connectivity index (χ1n) is 8.11. The van der Waals surface area contributed by atoms with Crippen molar-refractivity contribution in [1.29, 1.82) is 0 Å². The third kappa shape index (κ3) is 4.70. The summed E-state index contributed by atoms with van der Waals surface area (Å²) in [7, 11) is 0. The van der Waals surface area contributed by atoms with Crippen molar-refractivity contribution in [2.75, 3.05) is 36.4 Å². The van der Waals surface area contributed by atoms with Gasteiger partial charge < -0.3 is 15.1 Å². The van der Waals surface area contributed by atoms with Crippen molar-refractivity contribution in [2.45, 2.75) is 6.42 Å². The van der Waals surface area contributed by atoms with Crippen LogP contribution in [0.25, 0.3) is 0 Å². The van der Waals surface area contributed by atoms with Crippen LogP contribution in [0.1, 0.15) is 6.42 Å². The lowest BCUT2D eigenvalue weighted by Gasteiger charge is -2.35. The first kappa shape index (κ1) is 17.2. The quantitative estimate of drug-likeness (QED) is 0.852. The number of piperazine rings is 1. The molecule has 7 heteroatoms. The van der Waals surface area contributed by atoms with Crippen molar-refractivity contribution < 1.29 is 9.59 Å². The number of nitrogens with one attached hydrogen (secondary N) is 1. The molecule has 0 saturated carbocycles. The van der Waals surface area contributed by atoms with Crippen LogP contribution in [0.3, 0.4) is 0 Å². The molecule has 1 aliphatic heterocycles. The van der Waals surface area contributed by atoms with E-state index in [0.717, 1.165) is 5.82 Å². The van der Waals surface area contributed by atoms with Gasteiger partial charge in [0.2, 0.25) is 11.8 Å². The maximum absolute atomic E-state index is 12.3. The van der Waals surface area contributed by atoms with Crippen LogP contribution in [0.15, 0.2) is 48.7 Å². The van der Waals surface area contributed by atoms with E-state index >= 15 is 0 Å². The van der Waals surface area contributed by atoms with E-state index in [-0.39, 0.29) is 18.2 Å². The Bertz CT molecular complexity index is 746. The molecule has 1 aliphatic rings. The van der Waals surface area contributed by atoms with E-state index in [1.807, 2.05) is 18.2 Å². The zero-order valence-electron chi connectivity index (χ0n) is 13.7. The fourth-order valence-corrected chi connectivity index (χ4v) is 2.94. The van der Waals surface area contributed by atoms with Crippen molar-refractivity contribution in [3.63, 3.8) is 0 Å². The molecule has 2 amide bonds. The molecule has 1 fully saturated rings. The molecular weight excluding hydrogens is 340 g/mol. The molecule has 1 saturated heterocycles. The second kappa shape index (κ2) is 7.98. The lowest BCUT2D eigenvalue weighted by molar-refractivity contribution is -0.134. The predicted octanol–water partition coefficient (Wildman–Crippen LogP) is 2.41. The van der Waals surface area contributed by atoms with Crippen LogP contribution in [0.4, 0.5) is 11.5 Å². The van der Waals surface area contributed by atoms with Crippen LogP contribution >= 0.6 is 11.6 Å². The molecule has 0 aliphatic carbocycles. The number of benzene rings is 1. The number of pyridine rings is 1. The minimum atomic E-state index is -0.334. The third-order valence-corrected chi connectivity index (χ3v) is 4.26. The summed E-state index contributed by atoms with van der Waals surface area (Å²) in [5.41, 5.74) is 0.588. The van der Waals surface area contributed by atoms with Gasteiger partial charge in [-0.25, -0.2) is 4.98 Å². The molecule has 0 atom stereocenters. The fraction of sp³-hybridized carbons (Fsp3) is 0.278. The van der Waals surface area contributed by atoms with Crippen molar-refractivity contribution in [3.8, 4) is 0 Å². The van der Waals surface area contributed by atoms with Gasteiger partial charge in [0.1, 0.15) is 12.2 Å². The number of carbonyl (C=O) groups is 2. The van der Waals surface area contributed by atoms with Crippen LogP contribution in [-0.4, -0.2) is 47.9 Å². The molecule has 0 spiro atoms. The first-order chi connectivity index (χ1) is 12.1. The van der Waals surface area contributed by atoms with E-state index in [4.69, 9.17) is 11.6 Å². The maximum Gasteiger partial charge on any atom is 0.233 e. The summed E-state index contributed by atoms with van der Waals surface area (Å²) < 4.78 is 0. The average molecular weight is 359 g/mol. The number of halogens is 1. The van der Waals surface area contributed by atoms with Crippen LogP contribution in [0.2, 0.25) is 5.02 Å². The van der Waals surface area contributed by atoms with Crippen molar-refractivity contribution in [1.82, 2.24) is 9.88 Å². The molecule has 6 nitrogen and oxygen atoms in total. The Morgan fingerprint density at radius 2 is 1.88 bits per heavy atom. The van der Waals surface area contributed by atoms with Crippen LogP contribution in [0.5, 0.6) is 0 Å². The second-order valence-electron chi connectivity index (χ2n) is 5.79. The van der Waals surface area contributed by atoms with E-state index in [1.54, 1.807) is 35.4 Å². The van der Waals surface area contributed by atoms with E-state index in [1.165, 1.54) is 0 Å². The molecular formula is C18H19ClN4O2. The lowest BCUT2D eigenvalue weighted by atomic mass is 10.2. The minimum absolute atomic E-state index is 0.166. The van der Waals surface area contributed by atoms with Crippen molar-refractivity contribution in [3.05, 3.63) is 53.7 Å². The van der Waals surface area contributed by atoms with Gasteiger partial charge >= 0.3 is 0 Å². The molecule has 2 aromatic rings. The van der Waals surface area contributed by atoms with Crippen LogP contribution in [0, 0.1) is 0 Å². The molecule has 0 bridgehead atoms. The molecule has 1 N–H and O–H groups in total. The topological polar surface area (TPSA) is 65.5 Å². The number of aromatic nitrogens is 1. The van der Waals surface area contributed by atoms with Crippen LogP contribution < -0.4 is 10.2 Å². The predicted molar refractivity (Wildman–Crippen MR) is 97.7 cm³/mol. The van der Waals surface area contributed by atoms with E-state index in [9.17, 15) is 9.59 Å². The lowest BCUT2D eigenvalue weighted by Crippen LogP contribution is -2.49. The van der Waals surface area contributed by atoms with Gasteiger partial charge in [-0.3, -0.25) is 9.59 Å². The Hall–Kier alpha value is -2.60. The van der Waals surface area contributed by atoms with Gasteiger partial charge in [0.05, 0.1) is 0 Å². The van der Waals surface area contributed by atoms with Crippen molar-refractivity contribution in [2.24, 2.45) is 0 Å². The number of anilines is 2. The molecule has 0 unspecified atom stereocenters. The largest absolute Gasteiger partial charge is 0.353 e. The van der Waals surface area contributed by atoms with E-state index in [0.29, 0.717) is 36.9 Å². The van der Waals surface area contributed by atoms with Crippen molar-refractivity contribution >= 4 is 34.9 Å². The Labute approximate surface area is 151 Å². The summed E-state index contributed by atoms with van der Waals surface area (Å²) in [6, 6.07) is 12.6. The van der Waals surface area contributed by atoms with E-state index < -0.39 is 0 Å². The third-order valence-electron chi connectivity index (χ3n) is 4.03. The minimum Gasteiger partial charge on any atom is -0.353 e. The highest BCUT2D eigenvalue weighted by atomic mass is 35.5. The maximum atomic E-state index is 12.3. The molecule has 130 valence electrons. The van der Waals surface area contributed by atoms with Crippen LogP contribution in [-0.2, 0) is 9.59 Å². The first-order valence-corrected chi connectivity index (χ1v) is 8.49. The average Bonchev–Trinajstić information content (AvgIpc) is 2.62. The zero-order valence-corrected chi connectivity index (χ0v) is 14.4. The number of nitrogens with zero attached hydrogens (tertiary/aromatic N) is 3. The highest BCUT2D eigenvalue weighted by Crippen LogP contribution is 2.16. The standard InChI is InChI=1S/C18H19ClN4O2/c19-14-4-3-5-15(12-14)21-17(24)13-18(25)23-10-8-22(9-11-23)16-6-1-2-7-20-16/h1-7,12H,8-11,13H2,(H,21,24). The van der Waals surface area contributed by atoms with Gasteiger partial charge in [-0.2, -0.15) is 0 Å². The second-order valence-corrected chi connectivity index (χ2v) is 6.23. The number of hydrogen-bond acceptors (Lipinski definition) is 4. The van der Waals surface area contributed by atoms with Gasteiger partial charge in [-0.1, -0.05) is 23.7 Å². The van der Waals surface area contributed by atoms with Gasteiger partial charge in [0.25, 0.3) is 0 Å². The molecule has 2 heterocycles. The SMILES string of the molecule is O=C(CC(=O)N1CCN(c2ccccn2)CC1)Nc1cccc(Cl)c1. The summed E-state index contributed by atoms with van der Waals surface area (Å²) in [5, 5.41) is 3.23. The summed E-state index contributed by atoms with van der Waals surface area (Å²) in [6.07, 6.45) is 1.59. The number of amides is 2. The highest BCUT2D eigenvalue weighted by molar-refractivity contribution is 6.30. The summed E-state index contributed by atoms with van der Waals surface area (Å²) in [4.78, 5) is 32.5. The van der Waals surface area contributed by atoms with Gasteiger partial charge in [0.15, 0.2) is 0 Å². The smallest absolute Gasteiger partial charge is 0.233 e. The van der Waals surface area contributed by atoms with Gasteiger partial charge in [0, 0.05) is 43.1 Å². The normalized spacial score (nSPS) is 14.3. The van der Waals surface area contributed by atoms with E-state index in [2.05, 4.69) is 15.2 Å². The molecule has 1 aromatic heterocycles. The molecule has 1 aromatic carbocycles. The molecule has 25 heavy (non-hydrogen) atoms. The Morgan fingerprint density at radius 1 is 1.08 bits per heavy atom. The Balaban J connectivity index is 1.48. The molecule has 3 rings (SSSR count). The summed E-state index contributed by atoms with van der Waals surface area (Å²) in [5.74, 6) is 0.410. The summed E-state index contributed by atoms with van der Waals surface area (Å²) >= 11 is 5.88. The summed E-state index contributed by atoms with van der Waals surface area (Å²) in [6.45, 7) is 2.58. The molecule has 0 radical (unpaired) electrons. The monoisotopic (exact) mass is 358 g/mol. The number of carbonyl (C=O) groups excluding carboxylic acids is 2. The number of rotatable bonds is 4. The highest BCUT2D eigenvalue weighted by Gasteiger charge is 2.23. The Kier molecular flexibility index (Phi) is 5.50. The number of hydrogen-bond donors (Lipinski definition) is 1.